The molecule has 2 saturated carbocycles. The number of hydrogen-bond donors (Lipinski definition) is 4. The van der Waals surface area contributed by atoms with Crippen molar-refractivity contribution in [1.29, 1.82) is 0 Å². The average Bonchev–Trinajstić information content (AvgIpc) is 3.06. The van der Waals surface area contributed by atoms with Crippen LogP contribution in [0.3, 0.4) is 0 Å². The summed E-state index contributed by atoms with van der Waals surface area (Å²) < 4.78 is 35.7. The molecule has 3 bridgehead atoms. The van der Waals surface area contributed by atoms with Gasteiger partial charge < -0.3 is 49.1 Å². The molecule has 0 aromatic rings. The Morgan fingerprint density at radius 2 is 1.59 bits per heavy atom. The van der Waals surface area contributed by atoms with Crippen LogP contribution in [0.15, 0.2) is 11.1 Å². The van der Waals surface area contributed by atoms with E-state index >= 15 is 4.79 Å². The van der Waals surface area contributed by atoms with E-state index in [1.54, 1.807) is 41.5 Å². The second-order valence-corrected chi connectivity index (χ2v) is 19.5. The molecule has 0 aromatic heterocycles. The lowest BCUT2D eigenvalue weighted by Gasteiger charge is -2.67. The number of nitrogens with one attached hydrogen (secondary N) is 1. The lowest BCUT2D eigenvalue weighted by Crippen LogP contribution is -2.82. The quantitative estimate of drug-likeness (QED) is 0.181. The molecule has 0 unspecified atom stereocenters. The van der Waals surface area contributed by atoms with Gasteiger partial charge in [0.15, 0.2) is 23.6 Å². The highest BCUT2D eigenvalue weighted by Crippen LogP contribution is 2.64. The third-order valence-electron chi connectivity index (χ3n) is 13.3. The first-order valence-corrected chi connectivity index (χ1v) is 20.3. The number of carbonyl (C=O) groups excluding carboxylic acids is 6. The minimum atomic E-state index is -2.31. The number of alkyl carbamates (subject to hydrolysis) is 1. The normalized spacial score (nSPS) is 39.2. The van der Waals surface area contributed by atoms with E-state index in [4.69, 9.17) is 28.4 Å². The highest BCUT2D eigenvalue weighted by atomic mass is 16.6. The van der Waals surface area contributed by atoms with Crippen LogP contribution >= 0.6 is 0 Å². The first-order valence-electron chi connectivity index (χ1n) is 20.3. The van der Waals surface area contributed by atoms with E-state index in [1.807, 2.05) is 13.8 Å². The van der Waals surface area contributed by atoms with E-state index in [2.05, 4.69) is 5.32 Å². The van der Waals surface area contributed by atoms with Crippen LogP contribution in [0.5, 0.6) is 0 Å². The molecule has 16 nitrogen and oxygen atoms in total. The fraction of sp³-hybridized carbons (Fsp3) is 0.810. The van der Waals surface area contributed by atoms with Gasteiger partial charge in [-0.3, -0.25) is 19.2 Å². The van der Waals surface area contributed by atoms with Gasteiger partial charge in [-0.25, -0.2) is 9.59 Å². The number of carbonyl (C=O) groups is 6. The standard InChI is InChI=1S/C42H63NO15/c1-21-25-18-42(52)34(56-28(47)19-38(7,8)16-14-12-13-15-24(30(48)35(50)55-25)43-36(51)58-37(4,5)6)32-40(11,26(46)17-27-41(32,20-53-27)57-23(3)45)33(49)31(54-22(2)44)29(21)39(42,9)10/h24-27,30-32,34,46,48,52H,12-20H2,1-11H3,(H,43,51)/t24-,25-,26-,27+,30+,31+,32-,34-,40+,41-,42+/m0/s1. The summed E-state index contributed by atoms with van der Waals surface area (Å²) in [5.74, 6) is -5.83. The van der Waals surface area contributed by atoms with Gasteiger partial charge in [0.2, 0.25) is 0 Å². The smallest absolute Gasteiger partial charge is 0.407 e. The highest BCUT2D eigenvalue weighted by molar-refractivity contribution is 5.95. The molecule has 326 valence electrons. The van der Waals surface area contributed by atoms with E-state index in [0.717, 1.165) is 6.92 Å². The Balaban J connectivity index is 1.76. The Labute approximate surface area is 340 Å². The van der Waals surface area contributed by atoms with Crippen LogP contribution in [-0.2, 0) is 52.4 Å². The third kappa shape index (κ3) is 8.14. The van der Waals surface area contributed by atoms with Crippen molar-refractivity contribution in [2.75, 3.05) is 6.61 Å². The van der Waals surface area contributed by atoms with Gasteiger partial charge in [0.25, 0.3) is 0 Å². The fourth-order valence-electron chi connectivity index (χ4n) is 10.2. The molecule has 5 aliphatic rings. The number of ketones is 1. The Morgan fingerprint density at radius 3 is 2.16 bits per heavy atom. The molecule has 0 radical (unpaired) electrons. The lowest BCUT2D eigenvalue weighted by atomic mass is 9.44. The molecule has 5 rings (SSSR count). The van der Waals surface area contributed by atoms with Crippen molar-refractivity contribution in [2.24, 2.45) is 22.2 Å². The summed E-state index contributed by atoms with van der Waals surface area (Å²) in [5, 5.41) is 39.8. The van der Waals surface area contributed by atoms with Gasteiger partial charge in [-0.2, -0.15) is 0 Å². The number of amides is 1. The minimum Gasteiger partial charge on any atom is -0.459 e. The molecule has 2 heterocycles. The number of Topliss-reactive ketones (excluding diaryl/α,β-unsaturated/α-hetero) is 1. The van der Waals surface area contributed by atoms with Gasteiger partial charge in [-0.1, -0.05) is 47.0 Å². The molecule has 1 amide bonds. The summed E-state index contributed by atoms with van der Waals surface area (Å²) in [6.07, 6.45) is -8.57. The summed E-state index contributed by atoms with van der Waals surface area (Å²) in [5.41, 5.74) is -8.90. The zero-order chi connectivity index (χ0) is 43.6. The Bertz CT molecular complexity index is 1710. The van der Waals surface area contributed by atoms with E-state index in [0.29, 0.717) is 25.7 Å². The molecular formula is C42H63NO15. The van der Waals surface area contributed by atoms with E-state index in [1.165, 1.54) is 13.8 Å². The minimum absolute atomic E-state index is 0.0388. The molecule has 4 fully saturated rings. The number of fused-ring (bicyclic) bond motifs is 6. The Hall–Kier alpha value is -3.60. The molecule has 3 aliphatic carbocycles. The van der Waals surface area contributed by atoms with E-state index in [9.17, 15) is 39.3 Å². The van der Waals surface area contributed by atoms with Gasteiger partial charge in [0, 0.05) is 32.1 Å². The van der Waals surface area contributed by atoms with Crippen molar-refractivity contribution >= 4 is 35.8 Å². The van der Waals surface area contributed by atoms with Crippen molar-refractivity contribution in [3.8, 4) is 0 Å². The summed E-state index contributed by atoms with van der Waals surface area (Å²) in [4.78, 5) is 82.6. The van der Waals surface area contributed by atoms with Crippen molar-refractivity contribution < 1.29 is 72.5 Å². The maximum Gasteiger partial charge on any atom is 0.407 e. The molecular weight excluding hydrogens is 758 g/mol. The SMILES string of the molecule is CC(=O)O[C@H]1C(=O)[C@@]2(C)[C@H]([C@@H]3OC(=O)CC(C)(C)CCCCC[C@H](NC(=O)OC(C)(C)C)[C@@H](O)C(=O)O[C@H]4C[C@]3(O)C(C)(C)C1=C4C)[C@]1(OC(C)=O)CO[C@@H]1C[C@@H]2O. The molecule has 0 aromatic carbocycles. The van der Waals surface area contributed by atoms with Gasteiger partial charge in [0.1, 0.15) is 29.5 Å². The zero-order valence-electron chi connectivity index (χ0n) is 35.7. The molecule has 11 atom stereocenters. The number of hydrogen-bond acceptors (Lipinski definition) is 15. The number of esters is 4. The van der Waals surface area contributed by atoms with Gasteiger partial charge in [-0.05, 0) is 64.0 Å². The predicted molar refractivity (Wildman–Crippen MR) is 203 cm³/mol. The average molecular weight is 822 g/mol. The fourth-order valence-corrected chi connectivity index (χ4v) is 10.2. The molecule has 2 aliphatic heterocycles. The molecule has 2 saturated heterocycles. The van der Waals surface area contributed by atoms with Crippen molar-refractivity contribution in [3.63, 3.8) is 0 Å². The van der Waals surface area contributed by atoms with Crippen molar-refractivity contribution in [2.45, 2.75) is 187 Å². The van der Waals surface area contributed by atoms with Gasteiger partial charge in [-0.15, -0.1) is 0 Å². The summed E-state index contributed by atoms with van der Waals surface area (Å²) in [7, 11) is 0. The summed E-state index contributed by atoms with van der Waals surface area (Å²) >= 11 is 0. The first kappa shape index (κ1) is 45.5. The second kappa shape index (κ2) is 15.8. The third-order valence-corrected chi connectivity index (χ3v) is 13.3. The van der Waals surface area contributed by atoms with Crippen molar-refractivity contribution in [3.05, 3.63) is 11.1 Å². The Morgan fingerprint density at radius 1 is 0.931 bits per heavy atom. The number of rotatable bonds is 3. The molecule has 0 spiro atoms. The van der Waals surface area contributed by atoms with Gasteiger partial charge >= 0.3 is 30.0 Å². The van der Waals surface area contributed by atoms with Crippen molar-refractivity contribution in [1.82, 2.24) is 5.32 Å². The zero-order valence-corrected chi connectivity index (χ0v) is 35.7. The Kier molecular flexibility index (Phi) is 12.4. The topological polar surface area (TPSA) is 231 Å². The van der Waals surface area contributed by atoms with Crippen LogP contribution in [0.25, 0.3) is 0 Å². The maximum atomic E-state index is 15.4. The molecule has 58 heavy (non-hydrogen) atoms. The highest BCUT2D eigenvalue weighted by Gasteiger charge is 2.78. The van der Waals surface area contributed by atoms with Crippen LogP contribution in [0.4, 0.5) is 4.79 Å². The van der Waals surface area contributed by atoms with Crippen LogP contribution < -0.4 is 5.32 Å². The monoisotopic (exact) mass is 821 g/mol. The lowest BCUT2D eigenvalue weighted by molar-refractivity contribution is -0.347. The molecule has 4 N–H and O–H groups in total. The van der Waals surface area contributed by atoms with E-state index in [-0.39, 0.29) is 37.0 Å². The molecule has 16 heteroatoms. The number of aliphatic hydroxyl groups excluding tert-OH is 2. The largest absolute Gasteiger partial charge is 0.459 e. The summed E-state index contributed by atoms with van der Waals surface area (Å²) in [6, 6.07) is -1.15. The van der Waals surface area contributed by atoms with E-state index < -0.39 is 124 Å². The number of ether oxygens (including phenoxy) is 6. The predicted octanol–water partition coefficient (Wildman–Crippen LogP) is 3.52. The van der Waals surface area contributed by atoms with Crippen LogP contribution in [-0.4, -0.2) is 117 Å². The summed E-state index contributed by atoms with van der Waals surface area (Å²) in [6.45, 7) is 16.9. The second-order valence-electron chi connectivity index (χ2n) is 19.5. The van der Waals surface area contributed by atoms with Crippen LogP contribution in [0.2, 0.25) is 0 Å². The van der Waals surface area contributed by atoms with Crippen LogP contribution in [0, 0.1) is 22.2 Å². The number of aliphatic hydroxyl groups is 3. The van der Waals surface area contributed by atoms with Gasteiger partial charge in [0.05, 0.1) is 36.5 Å². The van der Waals surface area contributed by atoms with Crippen LogP contribution in [0.1, 0.15) is 128 Å². The first-order chi connectivity index (χ1) is 26.6. The maximum absolute atomic E-state index is 15.4.